The second kappa shape index (κ2) is 26.6. The van der Waals surface area contributed by atoms with Crippen LogP contribution in [0.25, 0.3) is 27.4 Å². The summed E-state index contributed by atoms with van der Waals surface area (Å²) in [7, 11) is 0. The topological polar surface area (TPSA) is 266 Å². The third-order valence-electron chi connectivity index (χ3n) is 17.7. The Morgan fingerprint density at radius 3 is 2.42 bits per heavy atom. The standard InChI is InChI=1S/C67H75N10O11S/c1-44-50(48-20-21-54(73-59(48)61(83)84)75-29-25-46-14-10-16-49(51(46)36-75)60(82)74-62-72-52-17-6-7-18-53(52)89-62)35-70-77(44)43-66-38-64(2)37-65(3,39-66)41-67(40-64,42-66)88-33-32-86-31-27-69-63(85)87-30-11-13-45-12-9-15-47(34-45)71-56(79)24-26-68-55(78)19-5-4-8-28-76-57(80)22-23-58(76)81/h6-7,9-14,16-18,20-23,34-35H,4-5,8,19,24-33,36-43H2,1-3H3,(H,68,78)(H,69,85)(H,71,79)(H,83,84)(H,72,74,82)/b13-11+. The Kier molecular flexibility index (Phi) is 18.6. The number of carboxylic acid groups (broad SMARTS) is 1. The van der Waals surface area contributed by atoms with Gasteiger partial charge in [0, 0.05) is 98.4 Å². The fourth-order valence-electron chi connectivity index (χ4n) is 15.1. The molecule has 5 N–H and O–H groups in total. The Labute approximate surface area is 520 Å². The summed E-state index contributed by atoms with van der Waals surface area (Å²) in [5.41, 5.74) is 6.31. The number of hydrogen-bond donors (Lipinski definition) is 5. The molecule has 2 atom stereocenters. The smallest absolute Gasteiger partial charge is 0.407 e. The third kappa shape index (κ3) is 14.8. The van der Waals surface area contributed by atoms with Crippen LogP contribution in [0.15, 0.2) is 97.2 Å². The van der Waals surface area contributed by atoms with Crippen LogP contribution in [-0.4, -0.2) is 130 Å². The van der Waals surface area contributed by atoms with Crippen LogP contribution in [0.2, 0.25) is 0 Å². The number of carboxylic acids is 1. The molecule has 3 aromatic carbocycles. The van der Waals surface area contributed by atoms with Gasteiger partial charge in [-0.3, -0.25) is 38.9 Å². The van der Waals surface area contributed by atoms with E-state index in [2.05, 4.69) is 50.8 Å². The van der Waals surface area contributed by atoms with Gasteiger partial charge in [0.2, 0.25) is 11.8 Å². The number of nitrogens with zero attached hydrogens (tertiary/aromatic N) is 6. The fourth-order valence-corrected chi connectivity index (χ4v) is 15.9. The number of benzene rings is 3. The van der Waals surface area contributed by atoms with Gasteiger partial charge in [-0.15, -0.1) is 0 Å². The fraction of sp³-hybridized carbons (Fsp3) is 0.433. The maximum atomic E-state index is 13.7. The quantitative estimate of drug-likeness (QED) is 0.0237. The van der Waals surface area contributed by atoms with Crippen LogP contribution in [0.1, 0.15) is 128 Å². The Balaban J connectivity index is 0.607. The van der Waals surface area contributed by atoms with E-state index in [1.165, 1.54) is 28.4 Å². The predicted molar refractivity (Wildman–Crippen MR) is 336 cm³/mol. The minimum absolute atomic E-state index is 0.0190. The first-order valence-electron chi connectivity index (χ1n) is 30.6. The van der Waals surface area contributed by atoms with Crippen molar-refractivity contribution in [1.29, 1.82) is 0 Å². The molecule has 2 unspecified atom stereocenters. The van der Waals surface area contributed by atoms with Crippen LogP contribution in [0, 0.1) is 29.2 Å². The Bertz CT molecular complexity index is 3690. The van der Waals surface area contributed by atoms with E-state index in [4.69, 9.17) is 24.3 Å². The van der Waals surface area contributed by atoms with Crippen LogP contribution in [0.4, 0.5) is 21.4 Å². The lowest BCUT2D eigenvalue weighted by molar-refractivity contribution is -0.250. The average molecular weight is 1230 g/mol. The number of para-hydroxylation sites is 1. The lowest BCUT2D eigenvalue weighted by Gasteiger charge is -2.69. The van der Waals surface area contributed by atoms with Crippen LogP contribution in [-0.2, 0) is 52.9 Å². The van der Waals surface area contributed by atoms with Crippen molar-refractivity contribution in [2.75, 3.05) is 68.1 Å². The summed E-state index contributed by atoms with van der Waals surface area (Å²) in [5.74, 6) is -1.95. The summed E-state index contributed by atoms with van der Waals surface area (Å²) in [6, 6.07) is 25.4. The molecule has 21 nitrogen and oxygen atoms in total. The highest BCUT2D eigenvalue weighted by molar-refractivity contribution is 7.22. The van der Waals surface area contributed by atoms with Crippen molar-refractivity contribution in [2.45, 2.75) is 117 Å². The second-order valence-corrected chi connectivity index (χ2v) is 26.2. The van der Waals surface area contributed by atoms with Crippen molar-refractivity contribution in [3.8, 4) is 11.1 Å². The number of rotatable bonds is 27. The highest BCUT2D eigenvalue weighted by Gasteiger charge is 2.66. The number of nitrogens with one attached hydrogen (secondary N) is 4. The number of alkyl carbamates (subject to hydrolysis) is 1. The molecule has 2 aliphatic heterocycles. The van der Waals surface area contributed by atoms with E-state index in [-0.39, 0.29) is 96.2 Å². The molecular formula is C67H75N10O11S. The molecule has 6 aliphatic rings. The Morgan fingerprint density at radius 2 is 1.62 bits per heavy atom. The van der Waals surface area contributed by atoms with E-state index in [0.29, 0.717) is 92.8 Å². The summed E-state index contributed by atoms with van der Waals surface area (Å²) in [4.78, 5) is 100. The highest BCUT2D eigenvalue weighted by Crippen LogP contribution is 2.72. The number of fused-ring (bicyclic) bond motifs is 2. The maximum absolute atomic E-state index is 13.7. The van der Waals surface area contributed by atoms with Gasteiger partial charge < -0.3 is 40.2 Å². The first-order valence-corrected chi connectivity index (χ1v) is 31.4. The summed E-state index contributed by atoms with van der Waals surface area (Å²) in [6.07, 6.45) is 16.1. The molecule has 0 spiro atoms. The van der Waals surface area contributed by atoms with Crippen LogP contribution >= 0.6 is 11.3 Å². The van der Waals surface area contributed by atoms with E-state index in [0.717, 1.165) is 76.7 Å². The lowest BCUT2D eigenvalue weighted by atomic mass is 9.39. The number of amides is 6. The molecule has 22 heteroatoms. The summed E-state index contributed by atoms with van der Waals surface area (Å²) in [6.45, 7) is 10.3. The van der Waals surface area contributed by atoms with Crippen molar-refractivity contribution in [2.24, 2.45) is 16.2 Å². The van der Waals surface area contributed by atoms with Crippen LogP contribution < -0.4 is 26.2 Å². The van der Waals surface area contributed by atoms with Crippen molar-refractivity contribution < 1.29 is 52.9 Å². The number of anilines is 3. The van der Waals surface area contributed by atoms with Gasteiger partial charge in [-0.25, -0.2) is 19.6 Å². The SMILES string of the molecule is Cc1c(-c2ccc(N3CCc4cccc(C(=O)Nc5nc6ccccc6s5)c4C3)nc2C(=O)O)cnn1CC12CC3(C)CC(C)(C1)CC(OCCOCCNC(=O)OC/C=C/c1cc[c]c(NC(=O)CCNC(=O)CCCCCN4C(=O)C=CC4=O)c1)(C3)C2. The van der Waals surface area contributed by atoms with Crippen molar-refractivity contribution in [3.05, 3.63) is 137 Å². The minimum atomic E-state index is -1.13. The van der Waals surface area contributed by atoms with Crippen LogP contribution in [0.5, 0.6) is 0 Å². The zero-order chi connectivity index (χ0) is 62.3. The molecule has 5 heterocycles. The third-order valence-corrected chi connectivity index (χ3v) is 18.7. The van der Waals surface area contributed by atoms with Crippen LogP contribution in [0.3, 0.4) is 0 Å². The Hall–Kier alpha value is -8.60. The van der Waals surface area contributed by atoms with Gasteiger partial charge in [-0.2, -0.15) is 5.10 Å². The van der Waals surface area contributed by atoms with E-state index < -0.39 is 12.1 Å². The molecule has 4 saturated carbocycles. The molecule has 4 bridgehead atoms. The lowest BCUT2D eigenvalue weighted by Crippen LogP contribution is -2.64. The predicted octanol–water partition coefficient (Wildman–Crippen LogP) is 9.70. The van der Waals surface area contributed by atoms with Gasteiger partial charge in [0.1, 0.15) is 12.4 Å². The number of carbonyl (C=O) groups is 7. The number of aromatic nitrogens is 4. The summed E-state index contributed by atoms with van der Waals surface area (Å²) >= 11 is 1.42. The number of carbonyl (C=O) groups excluding carboxylic acids is 6. The molecule has 89 heavy (non-hydrogen) atoms. The number of pyridine rings is 1. The Morgan fingerprint density at radius 1 is 0.809 bits per heavy atom. The summed E-state index contributed by atoms with van der Waals surface area (Å²) in [5, 5.41) is 27.4. The normalized spacial score (nSPS) is 21.6. The number of hydrogen-bond acceptors (Lipinski definition) is 15. The second-order valence-electron chi connectivity index (χ2n) is 25.1. The van der Waals surface area contributed by atoms with Gasteiger partial charge in [0.25, 0.3) is 17.7 Å². The molecule has 465 valence electrons. The van der Waals surface area contributed by atoms with E-state index >= 15 is 0 Å². The average Bonchev–Trinajstić information content (AvgIpc) is 0.869. The van der Waals surface area contributed by atoms with Gasteiger partial charge in [0.15, 0.2) is 10.8 Å². The van der Waals surface area contributed by atoms with E-state index in [1.54, 1.807) is 36.5 Å². The molecule has 1 radical (unpaired) electrons. The number of aromatic carboxylic acids is 1. The molecule has 4 fully saturated rings. The molecule has 3 aromatic heterocycles. The van der Waals surface area contributed by atoms with Gasteiger partial charge in [0.05, 0.1) is 41.8 Å². The first kappa shape index (κ1) is 62.0. The number of ether oxygens (including phenoxy) is 3. The summed E-state index contributed by atoms with van der Waals surface area (Å²) < 4.78 is 21.2. The first-order chi connectivity index (χ1) is 42.8. The molecule has 12 rings (SSSR count). The van der Waals surface area contributed by atoms with Crippen molar-refractivity contribution in [3.63, 3.8) is 0 Å². The monoisotopic (exact) mass is 1230 g/mol. The minimum Gasteiger partial charge on any atom is -0.476 e. The number of unbranched alkanes of at least 4 members (excludes halogenated alkanes) is 2. The van der Waals surface area contributed by atoms with Crippen molar-refractivity contribution in [1.82, 2.24) is 35.3 Å². The molecule has 4 aliphatic carbocycles. The van der Waals surface area contributed by atoms with Crippen molar-refractivity contribution >= 4 is 85.9 Å². The van der Waals surface area contributed by atoms with Gasteiger partial charge >= 0.3 is 12.1 Å². The maximum Gasteiger partial charge on any atom is 0.407 e. The zero-order valence-corrected chi connectivity index (χ0v) is 51.3. The molecule has 0 saturated heterocycles. The molecular weight excluding hydrogens is 1150 g/mol. The van der Waals surface area contributed by atoms with E-state index in [1.807, 2.05) is 66.4 Å². The number of imide groups is 1. The van der Waals surface area contributed by atoms with Gasteiger partial charge in [-0.05, 0) is 140 Å². The number of thiazole rings is 1. The largest absolute Gasteiger partial charge is 0.476 e. The van der Waals surface area contributed by atoms with Gasteiger partial charge in [-0.1, -0.05) is 74.1 Å². The zero-order valence-electron chi connectivity index (χ0n) is 50.5. The van der Waals surface area contributed by atoms with E-state index in [9.17, 15) is 38.7 Å². The highest BCUT2D eigenvalue weighted by atomic mass is 32.1. The molecule has 6 aromatic rings. The molecule has 6 amide bonds.